The second-order valence-corrected chi connectivity index (χ2v) is 5.63. The van der Waals surface area contributed by atoms with Crippen LogP contribution < -0.4 is 5.32 Å². The van der Waals surface area contributed by atoms with E-state index in [-0.39, 0.29) is 0 Å². The van der Waals surface area contributed by atoms with Gasteiger partial charge in [-0.25, -0.2) is 0 Å². The Balaban J connectivity index is 2.44. The summed E-state index contributed by atoms with van der Waals surface area (Å²) in [6.07, 6.45) is 5.94. The minimum atomic E-state index is -0.723. The van der Waals surface area contributed by atoms with Crippen LogP contribution in [0.25, 0.3) is 0 Å². The van der Waals surface area contributed by atoms with Crippen LogP contribution in [0.3, 0.4) is 0 Å². The fourth-order valence-corrected chi connectivity index (χ4v) is 2.71. The molecule has 1 unspecified atom stereocenters. The van der Waals surface area contributed by atoms with E-state index in [0.717, 1.165) is 44.9 Å². The van der Waals surface area contributed by atoms with Crippen molar-refractivity contribution < 1.29 is 9.90 Å². The van der Waals surface area contributed by atoms with Gasteiger partial charge >= 0.3 is 5.97 Å². The molecule has 0 aromatic carbocycles. The minimum Gasteiger partial charge on any atom is -0.480 e. The molecule has 112 valence electrons. The Morgan fingerprint density at radius 2 is 2.05 bits per heavy atom. The normalized spacial score (nSPS) is 18.5. The molecule has 0 heterocycles. The quantitative estimate of drug-likeness (QED) is 0.605. The van der Waals surface area contributed by atoms with Crippen molar-refractivity contribution in [3.8, 4) is 0 Å². The lowest BCUT2D eigenvalue weighted by atomic mass is 9.90. The summed E-state index contributed by atoms with van der Waals surface area (Å²) in [5.41, 5.74) is -0.723. The molecule has 1 aliphatic carbocycles. The molecule has 0 amide bonds. The van der Waals surface area contributed by atoms with Crippen LogP contribution in [-0.2, 0) is 4.79 Å². The molecule has 1 fully saturated rings. The van der Waals surface area contributed by atoms with Gasteiger partial charge in [0.2, 0.25) is 0 Å². The first-order valence-electron chi connectivity index (χ1n) is 7.82. The molecular weight excluding hydrogens is 240 g/mol. The molecule has 19 heavy (non-hydrogen) atoms. The fourth-order valence-electron chi connectivity index (χ4n) is 2.71. The van der Waals surface area contributed by atoms with Crippen molar-refractivity contribution in [2.24, 2.45) is 0 Å². The van der Waals surface area contributed by atoms with Crippen molar-refractivity contribution in [2.45, 2.75) is 70.9 Å². The lowest BCUT2D eigenvalue weighted by Crippen LogP contribution is -2.52. The van der Waals surface area contributed by atoms with E-state index in [1.54, 1.807) is 0 Å². The molecule has 1 atom stereocenters. The molecule has 0 aromatic rings. The third kappa shape index (κ3) is 4.77. The Kier molecular flexibility index (Phi) is 6.80. The molecule has 0 aliphatic heterocycles. The Hall–Kier alpha value is -0.610. The molecule has 0 aromatic heterocycles. The highest BCUT2D eigenvalue weighted by Gasteiger charge is 2.36. The smallest absolute Gasteiger partial charge is 0.323 e. The summed E-state index contributed by atoms with van der Waals surface area (Å²) in [4.78, 5) is 14.1. The molecule has 2 N–H and O–H groups in total. The van der Waals surface area contributed by atoms with Crippen molar-refractivity contribution in [3.63, 3.8) is 0 Å². The lowest BCUT2D eigenvalue weighted by Gasteiger charge is -2.30. The molecular formula is C15H30N2O2. The number of carbonyl (C=O) groups is 1. The van der Waals surface area contributed by atoms with E-state index in [1.165, 1.54) is 12.8 Å². The van der Waals surface area contributed by atoms with Crippen LogP contribution in [0.2, 0.25) is 0 Å². The summed E-state index contributed by atoms with van der Waals surface area (Å²) in [7, 11) is 0. The number of rotatable bonds is 11. The van der Waals surface area contributed by atoms with E-state index < -0.39 is 11.5 Å². The number of carboxylic acids is 1. The van der Waals surface area contributed by atoms with E-state index in [1.807, 2.05) is 6.92 Å². The summed E-state index contributed by atoms with van der Waals surface area (Å²) < 4.78 is 0. The van der Waals surface area contributed by atoms with Gasteiger partial charge < -0.3 is 15.3 Å². The van der Waals surface area contributed by atoms with Crippen molar-refractivity contribution in [1.29, 1.82) is 0 Å². The molecule has 0 saturated heterocycles. The number of hydrogen-bond donors (Lipinski definition) is 2. The average molecular weight is 270 g/mol. The monoisotopic (exact) mass is 270 g/mol. The van der Waals surface area contributed by atoms with Gasteiger partial charge in [-0.05, 0) is 58.2 Å². The molecule has 4 heteroatoms. The predicted molar refractivity (Wildman–Crippen MR) is 78.5 cm³/mol. The summed E-state index contributed by atoms with van der Waals surface area (Å²) in [5.74, 6) is -0.696. The van der Waals surface area contributed by atoms with Crippen LogP contribution in [0.4, 0.5) is 0 Å². The highest BCUT2D eigenvalue weighted by atomic mass is 16.4. The maximum atomic E-state index is 11.6. The van der Waals surface area contributed by atoms with Gasteiger partial charge in [-0.1, -0.05) is 20.8 Å². The van der Waals surface area contributed by atoms with E-state index in [0.29, 0.717) is 6.42 Å². The predicted octanol–water partition coefficient (Wildman–Crippen LogP) is 2.48. The number of aliphatic carboxylic acids is 1. The zero-order valence-corrected chi connectivity index (χ0v) is 12.7. The summed E-state index contributed by atoms with van der Waals surface area (Å²) in [6.45, 7) is 9.12. The number of carboxylic acid groups (broad SMARTS) is 1. The van der Waals surface area contributed by atoms with Gasteiger partial charge in [0.1, 0.15) is 5.54 Å². The number of hydrogen-bond acceptors (Lipinski definition) is 3. The van der Waals surface area contributed by atoms with Crippen molar-refractivity contribution >= 4 is 5.97 Å². The van der Waals surface area contributed by atoms with Gasteiger partial charge in [-0.2, -0.15) is 0 Å². The highest BCUT2D eigenvalue weighted by Crippen LogP contribution is 2.27. The van der Waals surface area contributed by atoms with Crippen molar-refractivity contribution in [3.05, 3.63) is 0 Å². The maximum Gasteiger partial charge on any atom is 0.323 e. The van der Waals surface area contributed by atoms with Gasteiger partial charge in [0.25, 0.3) is 0 Å². The summed E-state index contributed by atoms with van der Waals surface area (Å²) in [6, 6.07) is 0.773. The van der Waals surface area contributed by atoms with E-state index in [9.17, 15) is 9.90 Å². The van der Waals surface area contributed by atoms with Gasteiger partial charge in [0.05, 0.1) is 0 Å². The Morgan fingerprint density at radius 1 is 1.37 bits per heavy atom. The summed E-state index contributed by atoms with van der Waals surface area (Å²) >= 11 is 0. The first-order chi connectivity index (χ1) is 9.09. The first kappa shape index (κ1) is 16.4. The molecule has 0 bridgehead atoms. The third-order valence-electron chi connectivity index (χ3n) is 4.24. The fraction of sp³-hybridized carbons (Fsp3) is 0.933. The van der Waals surface area contributed by atoms with Gasteiger partial charge in [0, 0.05) is 6.04 Å². The Morgan fingerprint density at radius 3 is 2.47 bits per heavy atom. The average Bonchev–Trinajstić information content (AvgIpc) is 3.22. The molecule has 1 rings (SSSR count). The minimum absolute atomic E-state index is 0.651. The van der Waals surface area contributed by atoms with Gasteiger partial charge in [0.15, 0.2) is 0 Å². The third-order valence-corrected chi connectivity index (χ3v) is 4.24. The van der Waals surface area contributed by atoms with Crippen LogP contribution in [-0.4, -0.2) is 47.2 Å². The number of nitrogens with zero attached hydrogens (tertiary/aromatic N) is 1. The highest BCUT2D eigenvalue weighted by molar-refractivity contribution is 5.78. The van der Waals surface area contributed by atoms with Crippen molar-refractivity contribution in [1.82, 2.24) is 10.2 Å². The zero-order chi connectivity index (χ0) is 14.3. The van der Waals surface area contributed by atoms with Gasteiger partial charge in [-0.3, -0.25) is 4.79 Å². The standard InChI is InChI=1S/C15H30N2O2/c1-4-11-16-15(5-2,14(18)19)10-7-12-17(6-3)13-8-9-13/h13,16H,4-12H2,1-3H3,(H,18,19). The summed E-state index contributed by atoms with van der Waals surface area (Å²) in [5, 5.41) is 12.8. The molecule has 0 radical (unpaired) electrons. The van der Waals surface area contributed by atoms with Crippen LogP contribution in [0.5, 0.6) is 0 Å². The zero-order valence-electron chi connectivity index (χ0n) is 12.7. The van der Waals surface area contributed by atoms with E-state index >= 15 is 0 Å². The first-order valence-corrected chi connectivity index (χ1v) is 7.82. The van der Waals surface area contributed by atoms with Crippen LogP contribution in [0.15, 0.2) is 0 Å². The largest absolute Gasteiger partial charge is 0.480 e. The molecule has 4 nitrogen and oxygen atoms in total. The van der Waals surface area contributed by atoms with Crippen LogP contribution >= 0.6 is 0 Å². The molecule has 1 aliphatic rings. The number of nitrogens with one attached hydrogen (secondary N) is 1. The van der Waals surface area contributed by atoms with Crippen molar-refractivity contribution in [2.75, 3.05) is 19.6 Å². The molecule has 0 spiro atoms. The Labute approximate surface area is 117 Å². The topological polar surface area (TPSA) is 52.6 Å². The second kappa shape index (κ2) is 7.85. The SMILES string of the molecule is CCCNC(CC)(CCCN(CC)C1CC1)C(=O)O. The van der Waals surface area contributed by atoms with Crippen LogP contribution in [0.1, 0.15) is 59.3 Å². The van der Waals surface area contributed by atoms with E-state index in [2.05, 4.69) is 24.1 Å². The molecule has 1 saturated carbocycles. The Bertz CT molecular complexity index is 279. The maximum absolute atomic E-state index is 11.6. The lowest BCUT2D eigenvalue weighted by molar-refractivity contribution is -0.145. The van der Waals surface area contributed by atoms with Crippen LogP contribution in [0, 0.1) is 0 Å². The van der Waals surface area contributed by atoms with Gasteiger partial charge in [-0.15, -0.1) is 0 Å². The van der Waals surface area contributed by atoms with E-state index in [4.69, 9.17) is 0 Å². The second-order valence-electron chi connectivity index (χ2n) is 5.63.